The van der Waals surface area contributed by atoms with Crippen LogP contribution < -0.4 is 0 Å². The van der Waals surface area contributed by atoms with Crippen LogP contribution in [0.1, 0.15) is 96.8 Å². The number of aliphatic hydroxyl groups is 3. The van der Waals surface area contributed by atoms with E-state index in [4.69, 9.17) is 37.9 Å². The lowest BCUT2D eigenvalue weighted by atomic mass is 9.83. The van der Waals surface area contributed by atoms with E-state index in [9.17, 15) is 20.1 Å². The molecule has 292 valence electrons. The normalized spacial score (nSPS) is 50.4. The highest BCUT2D eigenvalue weighted by Crippen LogP contribution is 2.54. The third-order valence-electron chi connectivity index (χ3n) is 13.6. The standard InChI is InChI=1S/C40H60O12/c1-20-7-5-6-8-29-21(2)13-26(46-29)11-12-40-18-33-36(51-40)37-38(50-33)39(52-40)35-30(49-37)10-9-25(47-35)14-23(42)15-27-31(17-28(44)22(20)3)48-32(34(27)45-4)16-24(43)19-41/h20,24-39,41,43-44H,2-3,5-19H2,1,4H3/t20-,24?,25?,26?,27?,28?,29?,30?,31+,32?,33-,34-,35+,36?,37+,38?,39?,40+/m1/s1. The quantitative estimate of drug-likeness (QED) is 0.363. The molecule has 18 atom stereocenters. The number of hydrogen-bond acceptors (Lipinski definition) is 12. The van der Waals surface area contributed by atoms with Gasteiger partial charge in [0.2, 0.25) is 0 Å². The van der Waals surface area contributed by atoms with E-state index in [1.807, 2.05) is 0 Å². The van der Waals surface area contributed by atoms with Gasteiger partial charge in [0.05, 0.1) is 67.6 Å². The third-order valence-corrected chi connectivity index (χ3v) is 13.6. The van der Waals surface area contributed by atoms with Crippen molar-refractivity contribution in [1.82, 2.24) is 0 Å². The number of hydrogen-bond donors (Lipinski definition) is 3. The van der Waals surface area contributed by atoms with Crippen molar-refractivity contribution in [2.24, 2.45) is 11.8 Å². The van der Waals surface area contributed by atoms with Crippen LogP contribution in [0, 0.1) is 11.8 Å². The van der Waals surface area contributed by atoms with E-state index < -0.39 is 42.9 Å². The number of rotatable bonds is 4. The maximum Gasteiger partial charge on any atom is 0.172 e. The van der Waals surface area contributed by atoms with E-state index in [1.165, 1.54) is 0 Å². The summed E-state index contributed by atoms with van der Waals surface area (Å²) in [6.07, 6.45) is 3.77. The van der Waals surface area contributed by atoms with E-state index in [0.717, 1.165) is 56.1 Å². The van der Waals surface area contributed by atoms with E-state index in [-0.39, 0.29) is 104 Å². The van der Waals surface area contributed by atoms with Crippen LogP contribution in [0.15, 0.2) is 24.3 Å². The molecule has 52 heavy (non-hydrogen) atoms. The minimum Gasteiger partial charge on any atom is -0.394 e. The number of fused-ring (bicyclic) bond motifs is 4. The average molecular weight is 733 g/mol. The van der Waals surface area contributed by atoms with E-state index in [1.54, 1.807) is 7.11 Å². The minimum absolute atomic E-state index is 0.0238. The van der Waals surface area contributed by atoms with Gasteiger partial charge in [-0.1, -0.05) is 32.9 Å². The second-order valence-corrected chi connectivity index (χ2v) is 17.1. The first-order chi connectivity index (χ1) is 25.0. The number of Topliss-reactive ketones (excluding diaryl/α,β-unsaturated/α-hetero) is 1. The number of aliphatic hydroxyl groups excluding tert-OH is 3. The second-order valence-electron chi connectivity index (χ2n) is 17.1. The molecule has 0 aliphatic carbocycles. The van der Waals surface area contributed by atoms with Crippen molar-refractivity contribution in [2.75, 3.05) is 13.7 Å². The lowest BCUT2D eigenvalue weighted by Gasteiger charge is -2.47. The molecule has 9 saturated heterocycles. The Balaban J connectivity index is 1.03. The lowest BCUT2D eigenvalue weighted by Crippen LogP contribution is -2.61. The van der Waals surface area contributed by atoms with E-state index in [2.05, 4.69) is 20.1 Å². The molecule has 9 fully saturated rings. The minimum atomic E-state index is -0.985. The molecule has 3 N–H and O–H groups in total. The Kier molecular flexibility index (Phi) is 11.1. The Hall–Kier alpha value is -1.29. The van der Waals surface area contributed by atoms with Crippen molar-refractivity contribution in [3.05, 3.63) is 24.3 Å². The number of ketones is 1. The summed E-state index contributed by atoms with van der Waals surface area (Å²) in [5.74, 6) is -1.03. The van der Waals surface area contributed by atoms with Crippen LogP contribution in [0.3, 0.4) is 0 Å². The van der Waals surface area contributed by atoms with Gasteiger partial charge in [0.15, 0.2) is 5.79 Å². The zero-order valence-corrected chi connectivity index (χ0v) is 30.9. The first-order valence-corrected chi connectivity index (χ1v) is 20.1. The highest BCUT2D eigenvalue weighted by atomic mass is 16.8. The average Bonchev–Trinajstić information content (AvgIpc) is 3.80. The van der Waals surface area contributed by atoms with Gasteiger partial charge in [0.25, 0.3) is 0 Å². The molecule has 11 unspecified atom stereocenters. The molecule has 10 bridgehead atoms. The van der Waals surface area contributed by atoms with Gasteiger partial charge >= 0.3 is 0 Å². The second kappa shape index (κ2) is 15.3. The first-order valence-electron chi connectivity index (χ1n) is 20.1. The van der Waals surface area contributed by atoms with Crippen LogP contribution in [0.25, 0.3) is 0 Å². The SMILES string of the molecule is C=C1CC2CC[C@@]34C[C@H]5OC6C(O3)[C@H]3OC(CCC3O[C@H]6C5O4)CC(=O)CC3[C@@H](OC)C(CC(O)CO)O[C@H]3CC(O)C(=C)[C@H](C)CCCCC1O2. The largest absolute Gasteiger partial charge is 0.394 e. The molecule has 9 aliphatic heterocycles. The fourth-order valence-electron chi connectivity index (χ4n) is 10.7. The van der Waals surface area contributed by atoms with Crippen molar-refractivity contribution >= 4 is 5.78 Å². The highest BCUT2D eigenvalue weighted by molar-refractivity contribution is 5.79. The van der Waals surface area contributed by atoms with Gasteiger partial charge in [-0.3, -0.25) is 4.79 Å². The van der Waals surface area contributed by atoms with Gasteiger partial charge in [-0.25, -0.2) is 0 Å². The predicted octanol–water partition coefficient (Wildman–Crippen LogP) is 3.46. The third kappa shape index (κ3) is 7.24. The van der Waals surface area contributed by atoms with Crippen molar-refractivity contribution in [2.45, 2.75) is 194 Å². The maximum absolute atomic E-state index is 13.9. The van der Waals surface area contributed by atoms with Gasteiger partial charge in [-0.15, -0.1) is 0 Å². The Labute approximate surface area is 307 Å². The summed E-state index contributed by atoms with van der Waals surface area (Å²) in [7, 11) is 1.58. The topological polar surface area (TPSA) is 152 Å². The molecule has 0 aromatic heterocycles. The van der Waals surface area contributed by atoms with Gasteiger partial charge < -0.3 is 53.2 Å². The molecule has 0 saturated carbocycles. The predicted molar refractivity (Wildman–Crippen MR) is 186 cm³/mol. The summed E-state index contributed by atoms with van der Waals surface area (Å²) in [5, 5.41) is 31.3. The molecule has 9 aliphatic rings. The highest BCUT2D eigenvalue weighted by Gasteiger charge is 2.68. The lowest BCUT2D eigenvalue weighted by molar-refractivity contribution is -0.292. The van der Waals surface area contributed by atoms with Crippen molar-refractivity contribution in [1.29, 1.82) is 0 Å². The summed E-state index contributed by atoms with van der Waals surface area (Å²) in [6.45, 7) is 10.4. The molecule has 12 heteroatoms. The number of carbonyl (C=O) groups is 1. The number of carbonyl (C=O) groups excluding carboxylic acids is 1. The summed E-state index contributed by atoms with van der Waals surface area (Å²) < 4.78 is 52.6. The van der Waals surface area contributed by atoms with Gasteiger partial charge in [0, 0.05) is 51.6 Å². The zero-order valence-electron chi connectivity index (χ0n) is 30.9. The fourth-order valence-corrected chi connectivity index (χ4v) is 10.7. The molecule has 9 heterocycles. The molecular formula is C40H60O12. The Morgan fingerprint density at radius 1 is 0.846 bits per heavy atom. The van der Waals surface area contributed by atoms with Gasteiger partial charge in [0.1, 0.15) is 36.3 Å². The Morgan fingerprint density at radius 2 is 1.60 bits per heavy atom. The van der Waals surface area contributed by atoms with Crippen LogP contribution in [0.5, 0.6) is 0 Å². The van der Waals surface area contributed by atoms with E-state index in [0.29, 0.717) is 19.3 Å². The summed E-state index contributed by atoms with van der Waals surface area (Å²) in [5.41, 5.74) is 1.90. The number of ether oxygens (including phenoxy) is 8. The van der Waals surface area contributed by atoms with Crippen molar-refractivity contribution < 1.29 is 58.0 Å². The Morgan fingerprint density at radius 3 is 2.40 bits per heavy atom. The molecule has 9 rings (SSSR count). The summed E-state index contributed by atoms with van der Waals surface area (Å²) in [6, 6.07) is 0. The molecule has 0 aromatic carbocycles. The fraction of sp³-hybridized carbons (Fsp3) is 0.875. The molecule has 1 spiro atoms. The van der Waals surface area contributed by atoms with Crippen LogP contribution in [0.2, 0.25) is 0 Å². The zero-order chi connectivity index (χ0) is 36.3. The maximum atomic E-state index is 13.9. The smallest absolute Gasteiger partial charge is 0.172 e. The van der Waals surface area contributed by atoms with Gasteiger partial charge in [-0.2, -0.15) is 0 Å². The Bertz CT molecular complexity index is 1330. The van der Waals surface area contributed by atoms with Crippen LogP contribution in [0.4, 0.5) is 0 Å². The van der Waals surface area contributed by atoms with Gasteiger partial charge in [-0.05, 0) is 55.6 Å². The van der Waals surface area contributed by atoms with Crippen LogP contribution in [-0.4, -0.2) is 132 Å². The van der Waals surface area contributed by atoms with Crippen LogP contribution in [-0.2, 0) is 42.7 Å². The van der Waals surface area contributed by atoms with Crippen LogP contribution >= 0.6 is 0 Å². The molecule has 0 amide bonds. The number of methoxy groups -OCH3 is 1. The molecular weight excluding hydrogens is 672 g/mol. The van der Waals surface area contributed by atoms with Crippen molar-refractivity contribution in [3.8, 4) is 0 Å². The van der Waals surface area contributed by atoms with Crippen molar-refractivity contribution in [3.63, 3.8) is 0 Å². The van der Waals surface area contributed by atoms with E-state index >= 15 is 0 Å². The first kappa shape index (κ1) is 37.6. The molecule has 0 radical (unpaired) electrons. The molecule has 0 aromatic rings. The summed E-state index contributed by atoms with van der Waals surface area (Å²) >= 11 is 0. The summed E-state index contributed by atoms with van der Waals surface area (Å²) in [4.78, 5) is 13.9. The monoisotopic (exact) mass is 732 g/mol. The molecule has 12 nitrogen and oxygen atoms in total.